The van der Waals surface area contributed by atoms with E-state index < -0.39 is 0 Å². The van der Waals surface area contributed by atoms with Crippen LogP contribution in [0.3, 0.4) is 0 Å². The van der Waals surface area contributed by atoms with Crippen molar-refractivity contribution < 1.29 is 4.79 Å². The Morgan fingerprint density at radius 1 is 1.07 bits per heavy atom. The van der Waals surface area contributed by atoms with Crippen LogP contribution in [0.25, 0.3) is 22.2 Å². The zero-order valence-corrected chi connectivity index (χ0v) is 17.5. The average molecular weight is 405 g/mol. The van der Waals surface area contributed by atoms with E-state index in [2.05, 4.69) is 10.4 Å². The molecule has 0 spiro atoms. The predicted octanol–water partition coefficient (Wildman–Crippen LogP) is 5.47. The van der Waals surface area contributed by atoms with Crippen molar-refractivity contribution in [2.24, 2.45) is 7.05 Å². The number of halogens is 1. The summed E-state index contributed by atoms with van der Waals surface area (Å²) in [6, 6.07) is 15.0. The van der Waals surface area contributed by atoms with Gasteiger partial charge in [-0.15, -0.1) is 0 Å². The molecule has 4 rings (SSSR count). The van der Waals surface area contributed by atoms with E-state index in [1.165, 1.54) is 0 Å². The zero-order valence-electron chi connectivity index (χ0n) is 16.7. The van der Waals surface area contributed by atoms with Crippen LogP contribution in [0.4, 0.5) is 5.69 Å². The number of carbonyl (C=O) groups is 1. The molecule has 0 aliphatic carbocycles. The summed E-state index contributed by atoms with van der Waals surface area (Å²) in [7, 11) is 1.91. The van der Waals surface area contributed by atoms with Crippen molar-refractivity contribution in [3.8, 4) is 11.3 Å². The topological polar surface area (TPSA) is 59.8 Å². The number of aromatic nitrogens is 3. The van der Waals surface area contributed by atoms with Crippen LogP contribution in [0.15, 0.2) is 48.5 Å². The number of anilines is 1. The van der Waals surface area contributed by atoms with E-state index in [1.54, 1.807) is 6.07 Å². The number of rotatable bonds is 3. The Kier molecular flexibility index (Phi) is 4.84. The van der Waals surface area contributed by atoms with Gasteiger partial charge in [-0.25, -0.2) is 4.98 Å². The van der Waals surface area contributed by atoms with Crippen molar-refractivity contribution in [3.63, 3.8) is 0 Å². The number of hydrogen-bond acceptors (Lipinski definition) is 3. The molecule has 2 heterocycles. The Balaban J connectivity index is 1.87. The molecule has 2 aromatic heterocycles. The quantitative estimate of drug-likeness (QED) is 0.492. The lowest BCUT2D eigenvalue weighted by molar-refractivity contribution is 0.102. The Bertz CT molecular complexity index is 1260. The van der Waals surface area contributed by atoms with E-state index in [-0.39, 0.29) is 5.91 Å². The maximum absolute atomic E-state index is 13.2. The predicted molar refractivity (Wildman–Crippen MR) is 118 cm³/mol. The number of nitrogens with zero attached hydrogens (tertiary/aromatic N) is 3. The molecule has 0 aliphatic heterocycles. The highest BCUT2D eigenvalue weighted by Gasteiger charge is 2.19. The molecule has 0 bridgehead atoms. The normalized spacial score (nSPS) is 11.1. The Morgan fingerprint density at radius 3 is 2.55 bits per heavy atom. The van der Waals surface area contributed by atoms with Crippen LogP contribution in [0.1, 0.15) is 27.3 Å². The van der Waals surface area contributed by atoms with Gasteiger partial charge in [0.1, 0.15) is 0 Å². The van der Waals surface area contributed by atoms with Gasteiger partial charge < -0.3 is 5.32 Å². The molecule has 0 radical (unpaired) electrons. The van der Waals surface area contributed by atoms with E-state index in [0.29, 0.717) is 16.3 Å². The molecule has 29 heavy (non-hydrogen) atoms. The number of para-hydroxylation sites is 1. The highest BCUT2D eigenvalue weighted by atomic mass is 35.5. The molecule has 2 aromatic carbocycles. The summed E-state index contributed by atoms with van der Waals surface area (Å²) in [6.45, 7) is 5.84. The van der Waals surface area contributed by atoms with Crippen molar-refractivity contribution in [2.45, 2.75) is 20.8 Å². The first kappa shape index (κ1) is 19.2. The van der Waals surface area contributed by atoms with Crippen LogP contribution in [0.5, 0.6) is 0 Å². The number of nitrogens with one attached hydrogen (secondary N) is 1. The maximum atomic E-state index is 13.2. The third-order valence-electron chi connectivity index (χ3n) is 5.24. The summed E-state index contributed by atoms with van der Waals surface area (Å²) < 4.78 is 1.83. The number of carbonyl (C=O) groups excluding carboxylic acids is 1. The van der Waals surface area contributed by atoms with Gasteiger partial charge in [-0.05, 0) is 50.6 Å². The summed E-state index contributed by atoms with van der Waals surface area (Å²) in [6.07, 6.45) is 0. The Labute approximate surface area is 174 Å². The standard InChI is InChI=1S/C23H21ClN4O/c1-13-18(24)9-7-11-19(13)26-23(29)17-12-21(22-14(2)27-28(4)15(22)3)25-20-10-6-5-8-16(17)20/h5-12H,1-4H3,(H,26,29). The average Bonchev–Trinajstić information content (AvgIpc) is 2.96. The second kappa shape index (κ2) is 7.33. The molecule has 0 atom stereocenters. The molecule has 1 amide bonds. The molecule has 4 aromatic rings. The Hall–Kier alpha value is -3.18. The van der Waals surface area contributed by atoms with E-state index in [9.17, 15) is 4.79 Å². The van der Waals surface area contributed by atoms with Crippen molar-refractivity contribution in [1.82, 2.24) is 14.8 Å². The first-order valence-corrected chi connectivity index (χ1v) is 9.71. The number of pyridine rings is 1. The van der Waals surface area contributed by atoms with Gasteiger partial charge in [-0.3, -0.25) is 9.48 Å². The first-order chi connectivity index (χ1) is 13.9. The molecular formula is C23H21ClN4O. The van der Waals surface area contributed by atoms with Gasteiger partial charge in [-0.2, -0.15) is 5.10 Å². The highest BCUT2D eigenvalue weighted by Crippen LogP contribution is 2.30. The van der Waals surface area contributed by atoms with E-state index in [4.69, 9.17) is 16.6 Å². The fraction of sp³-hybridized carbons (Fsp3) is 0.174. The van der Waals surface area contributed by atoms with Crippen LogP contribution < -0.4 is 5.32 Å². The fourth-order valence-corrected chi connectivity index (χ4v) is 3.74. The van der Waals surface area contributed by atoms with Gasteiger partial charge >= 0.3 is 0 Å². The fourth-order valence-electron chi connectivity index (χ4n) is 3.57. The first-order valence-electron chi connectivity index (χ1n) is 9.33. The van der Waals surface area contributed by atoms with Gasteiger partial charge in [0.05, 0.1) is 22.5 Å². The summed E-state index contributed by atoms with van der Waals surface area (Å²) in [5.41, 5.74) is 6.42. The van der Waals surface area contributed by atoms with Gasteiger partial charge in [0.25, 0.3) is 5.91 Å². The highest BCUT2D eigenvalue weighted by molar-refractivity contribution is 6.31. The molecule has 146 valence electrons. The number of aryl methyl sites for hydroxylation is 2. The largest absolute Gasteiger partial charge is 0.322 e. The van der Waals surface area contributed by atoms with E-state index in [0.717, 1.165) is 39.1 Å². The number of benzene rings is 2. The summed E-state index contributed by atoms with van der Waals surface area (Å²) >= 11 is 6.21. The minimum absolute atomic E-state index is 0.200. The molecule has 0 aliphatic rings. The number of hydrogen-bond donors (Lipinski definition) is 1. The molecule has 0 fully saturated rings. The molecule has 0 saturated carbocycles. The summed E-state index contributed by atoms with van der Waals surface area (Å²) in [5, 5.41) is 8.91. The van der Waals surface area contributed by atoms with Crippen molar-refractivity contribution >= 4 is 34.1 Å². The molecule has 5 nitrogen and oxygen atoms in total. The van der Waals surface area contributed by atoms with Gasteiger partial charge in [0.15, 0.2) is 0 Å². The monoisotopic (exact) mass is 404 g/mol. The minimum Gasteiger partial charge on any atom is -0.322 e. The van der Waals surface area contributed by atoms with Crippen LogP contribution in [-0.4, -0.2) is 20.7 Å². The van der Waals surface area contributed by atoms with Crippen molar-refractivity contribution in [2.75, 3.05) is 5.32 Å². The number of amides is 1. The van der Waals surface area contributed by atoms with Crippen LogP contribution in [0, 0.1) is 20.8 Å². The lowest BCUT2D eigenvalue weighted by Gasteiger charge is -2.13. The smallest absolute Gasteiger partial charge is 0.256 e. The Morgan fingerprint density at radius 2 is 1.83 bits per heavy atom. The SMILES string of the molecule is Cc1nn(C)c(C)c1-c1cc(C(=O)Nc2cccc(Cl)c2C)c2ccccc2n1. The van der Waals surface area contributed by atoms with Crippen LogP contribution in [-0.2, 0) is 7.05 Å². The molecule has 0 saturated heterocycles. The number of fused-ring (bicyclic) bond motifs is 1. The molecule has 6 heteroatoms. The van der Waals surface area contributed by atoms with E-state index >= 15 is 0 Å². The van der Waals surface area contributed by atoms with Gasteiger partial charge in [0, 0.05) is 34.4 Å². The maximum Gasteiger partial charge on any atom is 0.256 e. The van der Waals surface area contributed by atoms with Crippen molar-refractivity contribution in [3.05, 3.63) is 76.1 Å². The minimum atomic E-state index is -0.200. The third-order valence-corrected chi connectivity index (χ3v) is 5.65. The molecular weight excluding hydrogens is 384 g/mol. The van der Waals surface area contributed by atoms with E-state index in [1.807, 2.05) is 75.0 Å². The second-order valence-electron chi connectivity index (χ2n) is 7.11. The molecule has 1 N–H and O–H groups in total. The lowest BCUT2D eigenvalue weighted by atomic mass is 10.0. The van der Waals surface area contributed by atoms with Gasteiger partial charge in [0.2, 0.25) is 0 Å². The summed E-state index contributed by atoms with van der Waals surface area (Å²) in [4.78, 5) is 18.1. The van der Waals surface area contributed by atoms with Crippen LogP contribution >= 0.6 is 11.6 Å². The summed E-state index contributed by atoms with van der Waals surface area (Å²) in [5.74, 6) is -0.200. The second-order valence-corrected chi connectivity index (χ2v) is 7.52. The zero-order chi connectivity index (χ0) is 20.7. The van der Waals surface area contributed by atoms with Crippen LogP contribution in [0.2, 0.25) is 5.02 Å². The third kappa shape index (κ3) is 3.38. The molecule has 0 unspecified atom stereocenters. The van der Waals surface area contributed by atoms with Crippen molar-refractivity contribution in [1.29, 1.82) is 0 Å². The lowest BCUT2D eigenvalue weighted by Crippen LogP contribution is -2.14. The van der Waals surface area contributed by atoms with Gasteiger partial charge in [-0.1, -0.05) is 35.9 Å².